The van der Waals surface area contributed by atoms with E-state index in [0.29, 0.717) is 19.1 Å². The Morgan fingerprint density at radius 2 is 2.00 bits per heavy atom. The lowest BCUT2D eigenvalue weighted by molar-refractivity contribution is 0.0832. The van der Waals surface area contributed by atoms with E-state index in [4.69, 9.17) is 4.74 Å². The molecule has 0 aromatic carbocycles. The Morgan fingerprint density at radius 3 is 2.65 bits per heavy atom. The summed E-state index contributed by atoms with van der Waals surface area (Å²) in [6.07, 6.45) is 3.47. The first-order valence-corrected chi connectivity index (χ1v) is 8.09. The van der Waals surface area contributed by atoms with E-state index in [1.807, 2.05) is 0 Å². The molecule has 0 bridgehead atoms. The Bertz CT molecular complexity index is 320. The van der Waals surface area contributed by atoms with Gasteiger partial charge in [-0.1, -0.05) is 0 Å². The fourth-order valence-electron chi connectivity index (χ4n) is 2.41. The smallest absolute Gasteiger partial charge is 0.211 e. The van der Waals surface area contributed by atoms with Gasteiger partial charge in [0.05, 0.1) is 5.75 Å². The van der Waals surface area contributed by atoms with Crippen molar-refractivity contribution in [1.82, 2.24) is 10.0 Å². The van der Waals surface area contributed by atoms with Crippen molar-refractivity contribution in [3.63, 3.8) is 0 Å². The number of hydrogen-bond acceptors (Lipinski definition) is 4. The number of sulfonamides is 1. The van der Waals surface area contributed by atoms with Crippen molar-refractivity contribution in [3.05, 3.63) is 0 Å². The molecule has 100 valence electrons. The van der Waals surface area contributed by atoms with Crippen LogP contribution in [0.1, 0.15) is 25.7 Å². The molecule has 2 aliphatic heterocycles. The van der Waals surface area contributed by atoms with Crippen molar-refractivity contribution < 1.29 is 13.2 Å². The van der Waals surface area contributed by atoms with Crippen molar-refractivity contribution in [2.75, 3.05) is 32.1 Å². The minimum atomic E-state index is -3.10. The lowest BCUT2D eigenvalue weighted by Gasteiger charge is -2.23. The third kappa shape index (κ3) is 4.54. The molecule has 0 aliphatic carbocycles. The van der Waals surface area contributed by atoms with Gasteiger partial charge in [-0.05, 0) is 44.7 Å². The van der Waals surface area contributed by atoms with Crippen LogP contribution in [-0.2, 0) is 14.8 Å². The van der Waals surface area contributed by atoms with Gasteiger partial charge in [-0.25, -0.2) is 13.1 Å². The van der Waals surface area contributed by atoms with Crippen molar-refractivity contribution in [2.45, 2.75) is 31.7 Å². The molecular weight excluding hydrogens is 240 g/mol. The number of rotatable bonds is 5. The van der Waals surface area contributed by atoms with E-state index in [0.717, 1.165) is 38.8 Å². The summed E-state index contributed by atoms with van der Waals surface area (Å²) < 4.78 is 31.8. The molecule has 2 rings (SSSR count). The van der Waals surface area contributed by atoms with E-state index >= 15 is 0 Å². The second-order valence-corrected chi connectivity index (χ2v) is 6.84. The molecule has 2 saturated heterocycles. The number of nitrogens with one attached hydrogen (secondary N) is 2. The molecule has 5 nitrogen and oxygen atoms in total. The molecule has 0 saturated carbocycles. The maximum Gasteiger partial charge on any atom is 0.211 e. The Labute approximate surface area is 103 Å². The highest BCUT2D eigenvalue weighted by molar-refractivity contribution is 7.89. The molecule has 1 unspecified atom stereocenters. The second kappa shape index (κ2) is 6.13. The topological polar surface area (TPSA) is 67.4 Å². The van der Waals surface area contributed by atoms with Crippen LogP contribution >= 0.6 is 0 Å². The summed E-state index contributed by atoms with van der Waals surface area (Å²) in [6, 6.07) is 0.0791. The van der Waals surface area contributed by atoms with Crippen LogP contribution in [-0.4, -0.2) is 46.5 Å². The van der Waals surface area contributed by atoms with Crippen LogP contribution in [0.15, 0.2) is 0 Å². The zero-order chi connectivity index (χ0) is 12.1. The molecule has 1 atom stereocenters. The van der Waals surface area contributed by atoms with Gasteiger partial charge in [0.2, 0.25) is 10.0 Å². The van der Waals surface area contributed by atoms with Crippen LogP contribution in [0.3, 0.4) is 0 Å². The molecule has 0 aromatic heterocycles. The highest BCUT2D eigenvalue weighted by Crippen LogP contribution is 2.14. The summed E-state index contributed by atoms with van der Waals surface area (Å²) in [7, 11) is -3.10. The third-order valence-electron chi connectivity index (χ3n) is 3.52. The largest absolute Gasteiger partial charge is 0.381 e. The Kier molecular flexibility index (Phi) is 4.78. The van der Waals surface area contributed by atoms with Gasteiger partial charge >= 0.3 is 0 Å². The van der Waals surface area contributed by atoms with Gasteiger partial charge in [0.15, 0.2) is 0 Å². The van der Waals surface area contributed by atoms with Crippen molar-refractivity contribution in [2.24, 2.45) is 5.92 Å². The minimum absolute atomic E-state index is 0.0791. The van der Waals surface area contributed by atoms with E-state index in [2.05, 4.69) is 10.0 Å². The molecule has 2 N–H and O–H groups in total. The first-order chi connectivity index (χ1) is 8.16. The molecule has 2 fully saturated rings. The van der Waals surface area contributed by atoms with Crippen molar-refractivity contribution in [3.8, 4) is 0 Å². The number of ether oxygens (including phenoxy) is 1. The van der Waals surface area contributed by atoms with Crippen LogP contribution in [0.25, 0.3) is 0 Å². The molecule has 2 aliphatic rings. The lowest BCUT2D eigenvalue weighted by Crippen LogP contribution is -2.40. The highest BCUT2D eigenvalue weighted by atomic mass is 32.2. The molecule has 6 heteroatoms. The second-order valence-electron chi connectivity index (χ2n) is 4.97. The van der Waals surface area contributed by atoms with Crippen LogP contribution in [0, 0.1) is 5.92 Å². The summed E-state index contributed by atoms with van der Waals surface area (Å²) in [5.74, 6) is 0.790. The molecule has 0 radical (unpaired) electrons. The van der Waals surface area contributed by atoms with Gasteiger partial charge in [0, 0.05) is 19.3 Å². The normalized spacial score (nSPS) is 27.4. The fraction of sp³-hybridized carbons (Fsp3) is 1.00. The molecule has 0 amide bonds. The monoisotopic (exact) mass is 262 g/mol. The van der Waals surface area contributed by atoms with Crippen molar-refractivity contribution in [1.29, 1.82) is 0 Å². The van der Waals surface area contributed by atoms with Gasteiger partial charge in [0.1, 0.15) is 0 Å². The summed E-state index contributed by atoms with van der Waals surface area (Å²) in [6.45, 7) is 3.32. The molecular formula is C11H22N2O3S. The first-order valence-electron chi connectivity index (χ1n) is 6.44. The fourth-order valence-corrected chi connectivity index (χ4v) is 3.92. The van der Waals surface area contributed by atoms with E-state index in [1.54, 1.807) is 0 Å². The van der Waals surface area contributed by atoms with E-state index in [9.17, 15) is 8.42 Å². The van der Waals surface area contributed by atoms with Crippen LogP contribution in [0.4, 0.5) is 0 Å². The van der Waals surface area contributed by atoms with E-state index in [-0.39, 0.29) is 11.8 Å². The van der Waals surface area contributed by atoms with Gasteiger partial charge < -0.3 is 10.1 Å². The van der Waals surface area contributed by atoms with Crippen molar-refractivity contribution >= 4 is 10.0 Å². The van der Waals surface area contributed by atoms with Crippen LogP contribution in [0.2, 0.25) is 0 Å². The van der Waals surface area contributed by atoms with E-state index < -0.39 is 10.0 Å². The highest BCUT2D eigenvalue weighted by Gasteiger charge is 2.22. The lowest BCUT2D eigenvalue weighted by atomic mass is 10.1. The van der Waals surface area contributed by atoms with E-state index in [1.165, 1.54) is 0 Å². The predicted octanol–water partition coefficient (Wildman–Crippen LogP) is 0.0844. The van der Waals surface area contributed by atoms with Gasteiger partial charge in [-0.2, -0.15) is 0 Å². The number of hydrogen-bond donors (Lipinski definition) is 2. The molecule has 17 heavy (non-hydrogen) atoms. The maximum atomic E-state index is 11.9. The summed E-state index contributed by atoms with van der Waals surface area (Å²) >= 11 is 0. The maximum absolute atomic E-state index is 11.9. The predicted molar refractivity (Wildman–Crippen MR) is 66.4 cm³/mol. The SMILES string of the molecule is O=S(=O)(CCC1CCNC1)NC1CCOCC1. The van der Waals surface area contributed by atoms with Gasteiger partial charge in [-0.3, -0.25) is 0 Å². The quantitative estimate of drug-likeness (QED) is 0.736. The van der Waals surface area contributed by atoms with Gasteiger partial charge in [-0.15, -0.1) is 0 Å². The molecule has 0 aromatic rings. The van der Waals surface area contributed by atoms with Crippen LogP contribution < -0.4 is 10.0 Å². The third-order valence-corrected chi connectivity index (χ3v) is 4.99. The molecule has 0 spiro atoms. The zero-order valence-electron chi connectivity index (χ0n) is 10.2. The standard InChI is InChI=1S/C11H22N2O3S/c14-17(15,8-4-10-1-5-12-9-10)13-11-2-6-16-7-3-11/h10-13H,1-9H2. The summed E-state index contributed by atoms with van der Waals surface area (Å²) in [4.78, 5) is 0. The Balaban J connectivity index is 1.73. The summed E-state index contributed by atoms with van der Waals surface area (Å²) in [5.41, 5.74) is 0. The average Bonchev–Trinajstić information content (AvgIpc) is 2.80. The molecule has 2 heterocycles. The minimum Gasteiger partial charge on any atom is -0.381 e. The van der Waals surface area contributed by atoms with Gasteiger partial charge in [0.25, 0.3) is 0 Å². The summed E-state index contributed by atoms with van der Waals surface area (Å²) in [5, 5.41) is 3.26. The Hall–Kier alpha value is -0.170. The average molecular weight is 262 g/mol. The zero-order valence-corrected chi connectivity index (χ0v) is 11.0. The van der Waals surface area contributed by atoms with Crippen LogP contribution in [0.5, 0.6) is 0 Å². The first kappa shape index (κ1) is 13.3. The Morgan fingerprint density at radius 1 is 1.24 bits per heavy atom.